The number of carbonyl (C=O) groups is 1. The van der Waals surface area contributed by atoms with Gasteiger partial charge in [-0.05, 0) is 37.0 Å². The molecule has 0 bridgehead atoms. The van der Waals surface area contributed by atoms with Gasteiger partial charge in [0.15, 0.2) is 0 Å². The maximum Gasteiger partial charge on any atom is 0.233 e. The van der Waals surface area contributed by atoms with Crippen LogP contribution in [0.4, 0.5) is 0 Å². The number of aromatic nitrogens is 2. The molecule has 28 heavy (non-hydrogen) atoms. The van der Waals surface area contributed by atoms with E-state index in [9.17, 15) is 4.79 Å². The van der Waals surface area contributed by atoms with E-state index in [1.54, 1.807) is 7.11 Å². The molecule has 150 valence electrons. The van der Waals surface area contributed by atoms with Crippen LogP contribution >= 0.6 is 0 Å². The molecule has 1 saturated heterocycles. The number of benzene rings is 1. The van der Waals surface area contributed by atoms with Gasteiger partial charge in [0.1, 0.15) is 11.9 Å². The molecule has 2 aliphatic rings. The highest BCUT2D eigenvalue weighted by Crippen LogP contribution is 2.51. The van der Waals surface area contributed by atoms with E-state index in [-0.39, 0.29) is 17.9 Å². The first-order valence-corrected chi connectivity index (χ1v) is 9.84. The molecule has 4 rings (SSSR count). The third kappa shape index (κ3) is 3.28. The summed E-state index contributed by atoms with van der Waals surface area (Å²) >= 11 is 0. The molecule has 2 aromatic rings. The highest BCUT2D eigenvalue weighted by molar-refractivity contribution is 5.91. The van der Waals surface area contributed by atoms with Crippen LogP contribution in [0.2, 0.25) is 0 Å². The summed E-state index contributed by atoms with van der Waals surface area (Å²) in [6.07, 6.45) is 1.37. The SMILES string of the molecule is COc1cc(C2(C(=O)N3CCOC(c4noc(C(C)C)n4)C3)CC2)ccc1C. The van der Waals surface area contributed by atoms with E-state index in [4.69, 9.17) is 14.0 Å². The minimum absolute atomic E-state index is 0.152. The molecule has 0 radical (unpaired) electrons. The molecular formula is C21H27N3O4. The van der Waals surface area contributed by atoms with Gasteiger partial charge < -0.3 is 18.9 Å². The van der Waals surface area contributed by atoms with E-state index in [1.807, 2.05) is 37.8 Å². The number of hydrogen-bond acceptors (Lipinski definition) is 6. The predicted molar refractivity (Wildman–Crippen MR) is 102 cm³/mol. The van der Waals surface area contributed by atoms with Crippen molar-refractivity contribution < 1.29 is 18.8 Å². The molecule has 1 amide bonds. The Bertz CT molecular complexity index is 872. The molecule has 1 atom stereocenters. The molecular weight excluding hydrogens is 358 g/mol. The third-order valence-electron chi connectivity index (χ3n) is 5.71. The molecule has 1 aromatic carbocycles. The van der Waals surface area contributed by atoms with Gasteiger partial charge in [0, 0.05) is 12.5 Å². The lowest BCUT2D eigenvalue weighted by molar-refractivity contribution is -0.142. The molecule has 1 saturated carbocycles. The van der Waals surface area contributed by atoms with Crippen LogP contribution in [-0.4, -0.2) is 47.8 Å². The van der Waals surface area contributed by atoms with Crippen molar-refractivity contribution in [1.82, 2.24) is 15.0 Å². The van der Waals surface area contributed by atoms with Crippen molar-refractivity contribution in [3.05, 3.63) is 41.0 Å². The van der Waals surface area contributed by atoms with Crippen molar-refractivity contribution in [3.8, 4) is 5.75 Å². The van der Waals surface area contributed by atoms with Gasteiger partial charge >= 0.3 is 0 Å². The fourth-order valence-corrected chi connectivity index (χ4v) is 3.77. The standard InChI is InChI=1S/C21H27N3O4/c1-13(2)19-22-18(23-28-19)17-12-24(9-10-27-17)20(25)21(7-8-21)15-6-5-14(3)16(11-15)26-4/h5-6,11,13,17H,7-10,12H2,1-4H3. The van der Waals surface area contributed by atoms with Crippen LogP contribution in [0.1, 0.15) is 61.6 Å². The predicted octanol–water partition coefficient (Wildman–Crippen LogP) is 3.14. The summed E-state index contributed by atoms with van der Waals surface area (Å²) in [5.41, 5.74) is 1.66. The number of amides is 1. The Labute approximate surface area is 165 Å². The van der Waals surface area contributed by atoms with Crippen LogP contribution in [0.3, 0.4) is 0 Å². The molecule has 0 spiro atoms. The Hall–Kier alpha value is -2.41. The lowest BCUT2D eigenvalue weighted by Gasteiger charge is -2.34. The van der Waals surface area contributed by atoms with Crippen molar-refractivity contribution in [2.24, 2.45) is 0 Å². The molecule has 7 nitrogen and oxygen atoms in total. The van der Waals surface area contributed by atoms with Gasteiger partial charge in [-0.2, -0.15) is 4.98 Å². The first-order valence-electron chi connectivity index (χ1n) is 9.84. The first-order chi connectivity index (χ1) is 13.4. The second kappa shape index (κ2) is 7.20. The maximum absolute atomic E-state index is 13.4. The largest absolute Gasteiger partial charge is 0.496 e. The molecule has 2 fully saturated rings. The zero-order valence-corrected chi connectivity index (χ0v) is 16.9. The molecule has 1 aromatic heterocycles. The van der Waals surface area contributed by atoms with Crippen molar-refractivity contribution in [2.75, 3.05) is 26.8 Å². The monoisotopic (exact) mass is 385 g/mol. The van der Waals surface area contributed by atoms with Crippen LogP contribution < -0.4 is 4.74 Å². The summed E-state index contributed by atoms with van der Waals surface area (Å²) in [5, 5.41) is 4.06. The average Bonchev–Trinajstić information content (AvgIpc) is 3.36. The number of hydrogen-bond donors (Lipinski definition) is 0. The number of morpholine rings is 1. The molecule has 7 heteroatoms. The van der Waals surface area contributed by atoms with Gasteiger partial charge in [-0.15, -0.1) is 0 Å². The van der Waals surface area contributed by atoms with Gasteiger partial charge in [0.2, 0.25) is 17.6 Å². The second-order valence-electron chi connectivity index (χ2n) is 8.02. The van der Waals surface area contributed by atoms with Crippen molar-refractivity contribution >= 4 is 5.91 Å². The highest BCUT2D eigenvalue weighted by Gasteiger charge is 2.53. The smallest absolute Gasteiger partial charge is 0.233 e. The number of ether oxygens (including phenoxy) is 2. The summed E-state index contributed by atoms with van der Waals surface area (Å²) in [7, 11) is 1.66. The maximum atomic E-state index is 13.4. The minimum Gasteiger partial charge on any atom is -0.496 e. The zero-order chi connectivity index (χ0) is 19.9. The molecule has 1 unspecified atom stereocenters. The van der Waals surface area contributed by atoms with Crippen LogP contribution in [0, 0.1) is 6.92 Å². The van der Waals surface area contributed by atoms with E-state index in [0.29, 0.717) is 31.4 Å². The Morgan fingerprint density at radius 1 is 1.36 bits per heavy atom. The highest BCUT2D eigenvalue weighted by atomic mass is 16.5. The molecule has 0 N–H and O–H groups in total. The number of rotatable bonds is 5. The van der Waals surface area contributed by atoms with E-state index >= 15 is 0 Å². The van der Waals surface area contributed by atoms with E-state index < -0.39 is 5.41 Å². The first kappa shape index (κ1) is 18.9. The Balaban J connectivity index is 1.52. The fourth-order valence-electron chi connectivity index (χ4n) is 3.77. The number of methoxy groups -OCH3 is 1. The van der Waals surface area contributed by atoms with Crippen molar-refractivity contribution in [3.63, 3.8) is 0 Å². The second-order valence-corrected chi connectivity index (χ2v) is 8.02. The van der Waals surface area contributed by atoms with Crippen LogP contribution in [0.5, 0.6) is 5.75 Å². The van der Waals surface area contributed by atoms with Gasteiger partial charge in [0.05, 0.1) is 25.7 Å². The van der Waals surface area contributed by atoms with E-state index in [1.165, 1.54) is 0 Å². The molecule has 1 aliphatic carbocycles. The lowest BCUT2D eigenvalue weighted by atomic mass is 9.92. The lowest BCUT2D eigenvalue weighted by Crippen LogP contribution is -2.47. The summed E-state index contributed by atoms with van der Waals surface area (Å²) in [6, 6.07) is 6.08. The van der Waals surface area contributed by atoms with Crippen LogP contribution in [-0.2, 0) is 14.9 Å². The Morgan fingerprint density at radius 2 is 2.14 bits per heavy atom. The average molecular weight is 385 g/mol. The van der Waals surface area contributed by atoms with Gasteiger partial charge in [-0.1, -0.05) is 31.1 Å². The number of carbonyl (C=O) groups excluding carboxylic acids is 1. The number of aryl methyl sites for hydroxylation is 1. The zero-order valence-electron chi connectivity index (χ0n) is 16.9. The molecule has 2 heterocycles. The fraction of sp³-hybridized carbons (Fsp3) is 0.571. The minimum atomic E-state index is -0.441. The summed E-state index contributed by atoms with van der Waals surface area (Å²) in [5.74, 6) is 2.24. The van der Waals surface area contributed by atoms with E-state index in [2.05, 4.69) is 16.2 Å². The topological polar surface area (TPSA) is 77.7 Å². The Morgan fingerprint density at radius 3 is 2.79 bits per heavy atom. The summed E-state index contributed by atoms with van der Waals surface area (Å²) in [6.45, 7) is 7.50. The quantitative estimate of drug-likeness (QED) is 0.787. The number of nitrogens with zero attached hydrogens (tertiary/aromatic N) is 3. The van der Waals surface area contributed by atoms with Crippen molar-refractivity contribution in [1.29, 1.82) is 0 Å². The van der Waals surface area contributed by atoms with Crippen LogP contribution in [0.25, 0.3) is 0 Å². The van der Waals surface area contributed by atoms with Gasteiger partial charge in [-0.3, -0.25) is 4.79 Å². The molecule has 1 aliphatic heterocycles. The summed E-state index contributed by atoms with van der Waals surface area (Å²) in [4.78, 5) is 19.7. The van der Waals surface area contributed by atoms with Gasteiger partial charge in [-0.25, -0.2) is 0 Å². The Kier molecular flexibility index (Phi) is 4.87. The third-order valence-corrected chi connectivity index (χ3v) is 5.71. The van der Waals surface area contributed by atoms with Crippen LogP contribution in [0.15, 0.2) is 22.7 Å². The van der Waals surface area contributed by atoms with E-state index in [0.717, 1.165) is 29.7 Å². The normalized spacial score (nSPS) is 21.0. The summed E-state index contributed by atoms with van der Waals surface area (Å²) < 4.78 is 16.6. The van der Waals surface area contributed by atoms with Gasteiger partial charge in [0.25, 0.3) is 0 Å². The van der Waals surface area contributed by atoms with Crippen molar-refractivity contribution in [2.45, 2.75) is 51.0 Å².